The van der Waals surface area contributed by atoms with Gasteiger partial charge in [-0.15, -0.1) is 23.2 Å². The van der Waals surface area contributed by atoms with E-state index in [-0.39, 0.29) is 5.04 Å². The molecule has 0 N–H and O–H groups in total. The van der Waals surface area contributed by atoms with E-state index in [1.54, 1.807) is 0 Å². The van der Waals surface area contributed by atoms with E-state index in [1.165, 1.54) is 12.8 Å². The van der Waals surface area contributed by atoms with Crippen LogP contribution in [0.1, 0.15) is 33.1 Å². The molecule has 15 heavy (non-hydrogen) atoms. The molecular weight excluding hydrogens is 243 g/mol. The van der Waals surface area contributed by atoms with Crippen LogP contribution in [0, 0.1) is 17.8 Å². The first-order valence-electron chi connectivity index (χ1n) is 5.61. The van der Waals surface area contributed by atoms with Crippen molar-refractivity contribution in [1.29, 1.82) is 0 Å². The minimum atomic E-state index is -0.674. The highest BCUT2D eigenvalue weighted by atomic mass is 35.5. The maximum Gasteiger partial charge on any atom is 0.120 e. The number of hydrogen-bond acceptors (Lipinski definition) is 0. The first-order valence-corrected chi connectivity index (χ1v) is 6.86. The lowest BCUT2D eigenvalue weighted by Crippen LogP contribution is -2.32. The molecule has 0 heterocycles. The van der Waals surface area contributed by atoms with Crippen LogP contribution >= 0.6 is 23.2 Å². The van der Waals surface area contributed by atoms with E-state index in [0.29, 0.717) is 5.92 Å². The Kier molecular flexibility index (Phi) is 3.03. The third-order valence-corrected chi connectivity index (χ3v) is 5.85. The second-order valence-corrected chi connectivity index (χ2v) is 8.31. The van der Waals surface area contributed by atoms with Crippen molar-refractivity contribution in [2.24, 2.45) is 17.8 Å². The number of fused-ring (bicyclic) bond motifs is 2. The largest absolute Gasteiger partial charge is 0.120 e. The van der Waals surface area contributed by atoms with Gasteiger partial charge < -0.3 is 0 Å². The Labute approximate surface area is 106 Å². The van der Waals surface area contributed by atoms with Crippen molar-refractivity contribution in [3.05, 3.63) is 12.2 Å². The molecule has 2 aliphatic carbocycles. The topological polar surface area (TPSA) is 0 Å². The average Bonchev–Trinajstić information content (AvgIpc) is 2.61. The molecular formula is C12H17Cl2Si. The molecule has 0 saturated heterocycles. The molecule has 0 spiro atoms. The molecule has 0 aromatic heterocycles. The van der Waals surface area contributed by atoms with E-state index < -0.39 is 4.33 Å². The highest BCUT2D eigenvalue weighted by Gasteiger charge is 2.45. The van der Waals surface area contributed by atoms with Gasteiger partial charge in [-0.05, 0) is 42.1 Å². The Balaban J connectivity index is 2.01. The molecule has 2 aliphatic rings. The Morgan fingerprint density at radius 1 is 1.27 bits per heavy atom. The fraction of sp³-hybridized carbons (Fsp3) is 0.833. The van der Waals surface area contributed by atoms with Crippen molar-refractivity contribution >= 4 is 33.4 Å². The molecule has 3 heteroatoms. The lowest BCUT2D eigenvalue weighted by molar-refractivity contribution is 0.365. The second kappa shape index (κ2) is 3.78. The standard InChI is InChI=1S/C12H17Cl2Si/c1-11(2,15)12(13,14)7-10-6-8-3-4-9(10)5-8/h3-4,8-10H,5-7H2,1-2H3. The van der Waals surface area contributed by atoms with E-state index in [0.717, 1.165) is 18.3 Å². The molecule has 1 saturated carbocycles. The predicted octanol–water partition coefficient (Wildman–Crippen LogP) is 4.13. The van der Waals surface area contributed by atoms with Crippen molar-refractivity contribution in [3.8, 4) is 0 Å². The van der Waals surface area contributed by atoms with Gasteiger partial charge >= 0.3 is 0 Å². The lowest BCUT2D eigenvalue weighted by atomic mass is 9.86. The molecule has 3 atom stereocenters. The highest BCUT2D eigenvalue weighted by molar-refractivity contribution is 6.52. The van der Waals surface area contributed by atoms with Crippen LogP contribution in [0.5, 0.6) is 0 Å². The van der Waals surface area contributed by atoms with Gasteiger partial charge in [-0.25, -0.2) is 0 Å². The van der Waals surface area contributed by atoms with Crippen LogP contribution in [0.4, 0.5) is 0 Å². The summed E-state index contributed by atoms with van der Waals surface area (Å²) in [7, 11) is 3.63. The fourth-order valence-corrected chi connectivity index (χ4v) is 3.21. The van der Waals surface area contributed by atoms with Gasteiger partial charge in [0, 0.05) is 10.2 Å². The van der Waals surface area contributed by atoms with Crippen LogP contribution in [0.25, 0.3) is 0 Å². The number of alkyl halides is 2. The Morgan fingerprint density at radius 3 is 2.33 bits per heavy atom. The molecule has 2 bridgehead atoms. The van der Waals surface area contributed by atoms with Crippen molar-refractivity contribution in [2.75, 3.05) is 0 Å². The van der Waals surface area contributed by atoms with Gasteiger partial charge in [0.2, 0.25) is 0 Å². The molecule has 0 nitrogen and oxygen atoms in total. The third kappa shape index (κ3) is 2.30. The molecule has 83 valence electrons. The minimum absolute atomic E-state index is 0.234. The quantitative estimate of drug-likeness (QED) is 0.406. The zero-order valence-electron chi connectivity index (χ0n) is 9.26. The normalized spacial score (nSPS) is 35.1. The van der Waals surface area contributed by atoms with Crippen LogP contribution in [0.15, 0.2) is 12.2 Å². The second-order valence-electron chi connectivity index (χ2n) is 5.57. The Hall–Kier alpha value is 0.537. The van der Waals surface area contributed by atoms with Crippen molar-refractivity contribution in [1.82, 2.24) is 0 Å². The maximum absolute atomic E-state index is 6.42. The third-order valence-electron chi connectivity index (χ3n) is 3.85. The predicted molar refractivity (Wildman–Crippen MR) is 67.7 cm³/mol. The zero-order chi connectivity index (χ0) is 11.3. The van der Waals surface area contributed by atoms with Crippen molar-refractivity contribution < 1.29 is 0 Å². The number of hydrogen-bond donors (Lipinski definition) is 0. The van der Waals surface area contributed by atoms with Gasteiger partial charge in [-0.2, -0.15) is 0 Å². The summed E-state index contributed by atoms with van der Waals surface area (Å²) in [4.78, 5) is 0. The molecule has 3 radical (unpaired) electrons. The van der Waals surface area contributed by atoms with E-state index in [1.807, 2.05) is 13.8 Å². The molecule has 0 aromatic rings. The Bertz CT molecular complexity index is 278. The SMILES string of the molecule is CC(C)([Si])C(Cl)(Cl)CC1CC2C=CC1C2. The number of allylic oxidation sites excluding steroid dienone is 2. The van der Waals surface area contributed by atoms with Crippen molar-refractivity contribution in [3.63, 3.8) is 0 Å². The van der Waals surface area contributed by atoms with Crippen LogP contribution in [0.2, 0.25) is 5.04 Å². The van der Waals surface area contributed by atoms with Gasteiger partial charge in [0.1, 0.15) is 4.33 Å². The summed E-state index contributed by atoms with van der Waals surface area (Å²) in [5.41, 5.74) is 0. The summed E-state index contributed by atoms with van der Waals surface area (Å²) in [5.74, 6) is 2.19. The summed E-state index contributed by atoms with van der Waals surface area (Å²) in [6.07, 6.45) is 8.17. The van der Waals surface area contributed by atoms with Gasteiger partial charge in [-0.3, -0.25) is 0 Å². The monoisotopic (exact) mass is 259 g/mol. The Morgan fingerprint density at radius 2 is 1.93 bits per heavy atom. The van der Waals surface area contributed by atoms with Crippen molar-refractivity contribution in [2.45, 2.75) is 42.5 Å². The number of rotatable bonds is 3. The molecule has 2 rings (SSSR count). The molecule has 0 aliphatic heterocycles. The van der Waals surface area contributed by atoms with E-state index in [2.05, 4.69) is 22.4 Å². The molecule has 3 unspecified atom stereocenters. The summed E-state index contributed by atoms with van der Waals surface area (Å²) in [5, 5.41) is -0.234. The molecule has 0 aromatic carbocycles. The summed E-state index contributed by atoms with van der Waals surface area (Å²) < 4.78 is -0.674. The smallest absolute Gasteiger partial charge is 0.101 e. The van der Waals surface area contributed by atoms with Crippen LogP contribution in [-0.4, -0.2) is 14.6 Å². The van der Waals surface area contributed by atoms with E-state index in [4.69, 9.17) is 23.2 Å². The van der Waals surface area contributed by atoms with Crippen LogP contribution < -0.4 is 0 Å². The fourth-order valence-electron chi connectivity index (χ4n) is 2.71. The first-order chi connectivity index (χ1) is 6.79. The average molecular weight is 260 g/mol. The van der Waals surface area contributed by atoms with Crippen LogP contribution in [0.3, 0.4) is 0 Å². The first kappa shape index (κ1) is 12.0. The van der Waals surface area contributed by atoms with Crippen LogP contribution in [-0.2, 0) is 0 Å². The minimum Gasteiger partial charge on any atom is -0.101 e. The zero-order valence-corrected chi connectivity index (χ0v) is 11.8. The molecule has 1 fully saturated rings. The highest BCUT2D eigenvalue weighted by Crippen LogP contribution is 2.54. The maximum atomic E-state index is 6.42. The summed E-state index contributed by atoms with van der Waals surface area (Å²) in [6, 6.07) is 0. The van der Waals surface area contributed by atoms with Gasteiger partial charge in [0.05, 0.1) is 0 Å². The lowest BCUT2D eigenvalue weighted by Gasteiger charge is -2.37. The molecule has 0 amide bonds. The van der Waals surface area contributed by atoms with E-state index >= 15 is 0 Å². The van der Waals surface area contributed by atoms with Gasteiger partial charge in [0.25, 0.3) is 0 Å². The summed E-state index contributed by atoms with van der Waals surface area (Å²) in [6.45, 7) is 4.07. The van der Waals surface area contributed by atoms with E-state index in [9.17, 15) is 0 Å². The summed E-state index contributed by atoms with van der Waals surface area (Å²) >= 11 is 12.8. The number of halogens is 2. The van der Waals surface area contributed by atoms with Gasteiger partial charge in [0.15, 0.2) is 0 Å². The van der Waals surface area contributed by atoms with Gasteiger partial charge in [-0.1, -0.05) is 26.0 Å².